The summed E-state index contributed by atoms with van der Waals surface area (Å²) in [5.41, 5.74) is 0.768. The first-order valence-electron chi connectivity index (χ1n) is 2.97. The van der Waals surface area contributed by atoms with Crippen LogP contribution in [0.25, 0.3) is 0 Å². The minimum atomic E-state index is -0.182. The van der Waals surface area contributed by atoms with E-state index in [0.717, 1.165) is 28.9 Å². The van der Waals surface area contributed by atoms with Gasteiger partial charge in [0.05, 0.1) is 0 Å². The van der Waals surface area contributed by atoms with E-state index in [1.807, 2.05) is 0 Å². The topological polar surface area (TPSA) is 0 Å². The van der Waals surface area contributed by atoms with Crippen LogP contribution in [-0.4, -0.2) is 0 Å². The Labute approximate surface area is 90.6 Å². The summed E-state index contributed by atoms with van der Waals surface area (Å²) in [5, 5.41) is 1.30. The second-order valence-electron chi connectivity index (χ2n) is 1.99. The zero-order valence-electron chi connectivity index (χ0n) is 5.78. The molecule has 0 aliphatic heterocycles. The van der Waals surface area contributed by atoms with E-state index in [2.05, 4.69) is 0 Å². The van der Waals surface area contributed by atoms with Gasteiger partial charge in [0.1, 0.15) is 0 Å². The van der Waals surface area contributed by atoms with Crippen molar-refractivity contribution in [1.82, 2.24) is 0 Å². The molecule has 56 valence electrons. The Balaban J connectivity index is 0.000001000. The molecule has 0 fully saturated rings. The quantitative estimate of drug-likeness (QED) is 0.613. The maximum Gasteiger partial charge on any atom is -1.00 e. The third-order valence-corrected chi connectivity index (χ3v) is 2.65. The SMILES string of the molecule is Fc1cc(Cl)ccc1[CH2][Zn+].[Br-]. The van der Waals surface area contributed by atoms with Crippen molar-refractivity contribution in [3.63, 3.8) is 0 Å². The Kier molecular flexibility index (Phi) is 5.49. The molecule has 0 heterocycles. The van der Waals surface area contributed by atoms with E-state index < -0.39 is 0 Å². The Bertz CT molecular complexity index is 242. The Morgan fingerprint density at radius 3 is 2.55 bits per heavy atom. The fourth-order valence-corrected chi connectivity index (χ4v) is 1.73. The van der Waals surface area contributed by atoms with Crippen molar-refractivity contribution < 1.29 is 39.7 Å². The molecule has 0 amide bonds. The van der Waals surface area contributed by atoms with Crippen LogP contribution in [0.1, 0.15) is 5.56 Å². The predicted octanol–water partition coefficient (Wildman–Crippen LogP) is -0.470. The Hall–Kier alpha value is 0.543. The molecule has 1 rings (SSSR count). The van der Waals surface area contributed by atoms with Gasteiger partial charge in [0.15, 0.2) is 0 Å². The van der Waals surface area contributed by atoms with Gasteiger partial charge in [0, 0.05) is 0 Å². The number of hydrogen-bond acceptors (Lipinski definition) is 0. The van der Waals surface area contributed by atoms with Gasteiger partial charge < -0.3 is 17.0 Å². The molecule has 0 N–H and O–H groups in total. The largest absolute Gasteiger partial charge is 1.00 e. The summed E-state index contributed by atoms with van der Waals surface area (Å²) in [5.74, 6) is -0.182. The maximum atomic E-state index is 12.8. The van der Waals surface area contributed by atoms with Gasteiger partial charge in [-0.25, -0.2) is 0 Å². The predicted molar refractivity (Wildman–Crippen MR) is 35.1 cm³/mol. The van der Waals surface area contributed by atoms with Crippen molar-refractivity contribution in [2.45, 2.75) is 5.02 Å². The van der Waals surface area contributed by atoms with Gasteiger partial charge in [-0.15, -0.1) is 0 Å². The van der Waals surface area contributed by atoms with Crippen LogP contribution in [0, 0.1) is 5.82 Å². The van der Waals surface area contributed by atoms with Crippen LogP contribution in [0.15, 0.2) is 18.2 Å². The second kappa shape index (κ2) is 5.24. The van der Waals surface area contributed by atoms with Crippen LogP contribution < -0.4 is 17.0 Å². The first-order valence-corrected chi connectivity index (χ1v) is 5.45. The molecule has 0 unspecified atom stereocenters. The summed E-state index contributed by atoms with van der Waals surface area (Å²) in [4.78, 5) is 0. The third kappa shape index (κ3) is 3.19. The molecular weight excluding hydrogens is 284 g/mol. The molecule has 11 heavy (non-hydrogen) atoms. The van der Waals surface area contributed by atoms with Crippen molar-refractivity contribution in [3.05, 3.63) is 34.6 Å². The van der Waals surface area contributed by atoms with E-state index in [-0.39, 0.29) is 22.8 Å². The summed E-state index contributed by atoms with van der Waals surface area (Å²) < 4.78 is 12.8. The molecule has 0 saturated carbocycles. The Morgan fingerprint density at radius 2 is 2.09 bits per heavy atom. The molecule has 1 aromatic rings. The zero-order chi connectivity index (χ0) is 7.56. The third-order valence-electron chi connectivity index (χ3n) is 1.28. The van der Waals surface area contributed by atoms with Crippen LogP contribution in [-0.2, 0) is 23.3 Å². The van der Waals surface area contributed by atoms with Crippen LogP contribution in [0.5, 0.6) is 0 Å². The van der Waals surface area contributed by atoms with Gasteiger partial charge in [-0.3, -0.25) is 0 Å². The van der Waals surface area contributed by atoms with Crippen LogP contribution in [0.4, 0.5) is 4.39 Å². The standard InChI is InChI=1S/C7H5ClF.BrH.Zn/c1-5-2-3-6(8)4-7(5)9;;/h2-4H,1H2;1H;/q;;+1/p-1. The van der Waals surface area contributed by atoms with E-state index in [0.29, 0.717) is 5.02 Å². The number of hydrogen-bond donors (Lipinski definition) is 0. The Morgan fingerprint density at radius 1 is 1.45 bits per heavy atom. The van der Waals surface area contributed by atoms with Crippen molar-refractivity contribution in [2.24, 2.45) is 0 Å². The first-order chi connectivity index (χ1) is 4.74. The van der Waals surface area contributed by atoms with E-state index in [1.54, 1.807) is 12.1 Å². The summed E-state index contributed by atoms with van der Waals surface area (Å²) in [6, 6.07) is 4.81. The molecule has 0 aliphatic carbocycles. The summed E-state index contributed by atoms with van der Waals surface area (Å²) >= 11 is 6.63. The monoisotopic (exact) mass is 286 g/mol. The normalized spacial score (nSPS) is 9.09. The van der Waals surface area contributed by atoms with Crippen molar-refractivity contribution in [1.29, 1.82) is 0 Å². The smallest absolute Gasteiger partial charge is 1.00 e. The summed E-state index contributed by atoms with van der Waals surface area (Å²) in [6.45, 7) is 0. The number of rotatable bonds is 1. The van der Waals surface area contributed by atoms with Crippen molar-refractivity contribution in [2.75, 3.05) is 0 Å². The molecular formula is C7H5BrClFZn. The van der Waals surface area contributed by atoms with Crippen molar-refractivity contribution >= 4 is 11.6 Å². The maximum absolute atomic E-state index is 12.8. The van der Waals surface area contributed by atoms with E-state index >= 15 is 0 Å². The van der Waals surface area contributed by atoms with E-state index in [9.17, 15) is 4.39 Å². The van der Waals surface area contributed by atoms with Gasteiger partial charge >= 0.3 is 73.9 Å². The van der Waals surface area contributed by atoms with Crippen LogP contribution in [0.3, 0.4) is 0 Å². The second-order valence-corrected chi connectivity index (χ2v) is 3.47. The number of halogens is 3. The molecule has 0 nitrogen and oxygen atoms in total. The first kappa shape index (κ1) is 11.5. The molecule has 0 atom stereocenters. The van der Waals surface area contributed by atoms with E-state index in [4.69, 9.17) is 11.6 Å². The minimum Gasteiger partial charge on any atom is -1.00 e. The molecule has 0 bridgehead atoms. The average molecular weight is 289 g/mol. The van der Waals surface area contributed by atoms with Gasteiger partial charge in [-0.1, -0.05) is 0 Å². The fourth-order valence-electron chi connectivity index (χ4n) is 0.724. The molecule has 0 aliphatic rings. The minimum absolute atomic E-state index is 0. The van der Waals surface area contributed by atoms with Crippen LogP contribution in [0.2, 0.25) is 5.02 Å². The molecule has 1 aromatic carbocycles. The molecule has 0 saturated heterocycles. The van der Waals surface area contributed by atoms with E-state index in [1.165, 1.54) is 6.07 Å². The number of benzene rings is 1. The van der Waals surface area contributed by atoms with Crippen LogP contribution >= 0.6 is 11.6 Å². The molecule has 0 spiro atoms. The summed E-state index contributed by atoms with van der Waals surface area (Å²) in [6.07, 6.45) is 0. The summed E-state index contributed by atoms with van der Waals surface area (Å²) in [7, 11) is 0. The zero-order valence-corrected chi connectivity index (χ0v) is 11.1. The van der Waals surface area contributed by atoms with Gasteiger partial charge in [-0.2, -0.15) is 0 Å². The molecule has 4 heteroatoms. The van der Waals surface area contributed by atoms with Gasteiger partial charge in [0.25, 0.3) is 0 Å². The molecule has 0 radical (unpaired) electrons. The van der Waals surface area contributed by atoms with Gasteiger partial charge in [0.2, 0.25) is 0 Å². The van der Waals surface area contributed by atoms with Crippen molar-refractivity contribution in [3.8, 4) is 0 Å². The van der Waals surface area contributed by atoms with Gasteiger partial charge in [-0.05, 0) is 0 Å². The fraction of sp³-hybridized carbons (Fsp3) is 0.143. The molecule has 0 aromatic heterocycles. The average Bonchev–Trinajstić information content (AvgIpc) is 1.88.